The van der Waals surface area contributed by atoms with Crippen LogP contribution in [0.1, 0.15) is 13.3 Å². The molecule has 82 valence electrons. The molecule has 0 aliphatic carbocycles. The van der Waals surface area contributed by atoms with Crippen LogP contribution in [0.3, 0.4) is 0 Å². The third kappa shape index (κ3) is 2.72. The van der Waals surface area contributed by atoms with Gasteiger partial charge in [-0.05, 0) is 6.42 Å². The Morgan fingerprint density at radius 2 is 2.47 bits per heavy atom. The zero-order valence-corrected chi connectivity index (χ0v) is 8.87. The third-order valence-corrected chi connectivity index (χ3v) is 3.12. The van der Waals surface area contributed by atoms with Crippen LogP contribution in [0.4, 0.5) is 5.69 Å². The van der Waals surface area contributed by atoms with Gasteiger partial charge in [-0.3, -0.25) is 9.59 Å². The molecular formula is C8H11N3O3S. The van der Waals surface area contributed by atoms with Crippen LogP contribution in [-0.2, 0) is 4.79 Å². The van der Waals surface area contributed by atoms with Crippen molar-refractivity contribution >= 4 is 23.4 Å². The molecule has 0 spiro atoms. The van der Waals surface area contributed by atoms with Crippen LogP contribution in [0.5, 0.6) is 0 Å². The number of H-pyrrole nitrogens is 1. The normalized spacial score (nSPS) is 12.3. The summed E-state index contributed by atoms with van der Waals surface area (Å²) in [5, 5.41) is 8.44. The summed E-state index contributed by atoms with van der Waals surface area (Å²) >= 11 is 0.982. The van der Waals surface area contributed by atoms with E-state index in [4.69, 9.17) is 10.8 Å². The van der Waals surface area contributed by atoms with Gasteiger partial charge in [-0.25, -0.2) is 4.98 Å². The van der Waals surface area contributed by atoms with Crippen molar-refractivity contribution in [2.45, 2.75) is 23.6 Å². The monoisotopic (exact) mass is 229 g/mol. The summed E-state index contributed by atoms with van der Waals surface area (Å²) in [7, 11) is 0. The highest BCUT2D eigenvalue weighted by atomic mass is 32.2. The van der Waals surface area contributed by atoms with Crippen molar-refractivity contribution in [2.75, 3.05) is 5.73 Å². The van der Waals surface area contributed by atoms with Crippen molar-refractivity contribution in [1.29, 1.82) is 0 Å². The number of nitrogen functional groups attached to an aromatic ring is 1. The number of rotatable bonds is 4. The predicted octanol–water partition coefficient (Wildman–Crippen LogP) is 0.307. The minimum Gasteiger partial charge on any atom is -0.480 e. The first-order valence-electron chi connectivity index (χ1n) is 4.28. The molecule has 0 aromatic carbocycles. The Morgan fingerprint density at radius 1 is 1.80 bits per heavy atom. The number of nitrogens with one attached hydrogen (secondary N) is 1. The van der Waals surface area contributed by atoms with E-state index in [-0.39, 0.29) is 10.7 Å². The molecule has 1 aromatic rings. The van der Waals surface area contributed by atoms with E-state index in [1.54, 1.807) is 6.92 Å². The zero-order valence-electron chi connectivity index (χ0n) is 8.06. The number of thioether (sulfide) groups is 1. The molecule has 0 aliphatic heterocycles. The number of nitrogens with two attached hydrogens (primary N) is 1. The molecule has 1 rings (SSSR count). The maximum atomic E-state index is 11.1. The number of carboxylic acids is 1. The fourth-order valence-electron chi connectivity index (χ4n) is 0.931. The molecule has 0 saturated carbocycles. The number of hydrogen-bond donors (Lipinski definition) is 3. The zero-order chi connectivity index (χ0) is 11.4. The number of hydrogen-bond acceptors (Lipinski definition) is 5. The second-order valence-electron chi connectivity index (χ2n) is 2.80. The van der Waals surface area contributed by atoms with Crippen molar-refractivity contribution in [1.82, 2.24) is 9.97 Å². The van der Waals surface area contributed by atoms with Gasteiger partial charge >= 0.3 is 5.97 Å². The summed E-state index contributed by atoms with van der Waals surface area (Å²) < 4.78 is 0. The number of aromatic nitrogens is 2. The summed E-state index contributed by atoms with van der Waals surface area (Å²) in [5.41, 5.74) is 4.97. The number of anilines is 1. The maximum Gasteiger partial charge on any atom is 0.317 e. The molecule has 6 nitrogen and oxygen atoms in total. The molecule has 7 heteroatoms. The molecular weight excluding hydrogens is 218 g/mol. The van der Waals surface area contributed by atoms with Crippen molar-refractivity contribution < 1.29 is 9.90 Å². The van der Waals surface area contributed by atoms with Crippen LogP contribution < -0.4 is 11.3 Å². The second kappa shape index (κ2) is 4.83. The molecule has 0 aliphatic rings. The standard InChI is InChI=1S/C8H11N3O3S/c1-2-4(8(13)14)15-7-5(9)6(12)10-3-11-7/h3-4H,2,9H2,1H3,(H,13,14)(H,10,11,12). The first-order valence-corrected chi connectivity index (χ1v) is 5.16. The van der Waals surface area contributed by atoms with Gasteiger partial charge < -0.3 is 15.8 Å². The fraction of sp³-hybridized carbons (Fsp3) is 0.375. The SMILES string of the molecule is CCC(Sc1nc[nH]c(=O)c1N)C(=O)O. The molecule has 0 bridgehead atoms. The first kappa shape index (κ1) is 11.6. The molecule has 1 unspecified atom stereocenters. The number of aliphatic carboxylic acids is 1. The maximum absolute atomic E-state index is 11.1. The molecule has 0 amide bonds. The van der Waals surface area contributed by atoms with Crippen molar-refractivity contribution in [3.05, 3.63) is 16.7 Å². The minimum absolute atomic E-state index is 0.0396. The van der Waals surface area contributed by atoms with E-state index >= 15 is 0 Å². The van der Waals surface area contributed by atoms with E-state index < -0.39 is 16.8 Å². The molecule has 0 fully saturated rings. The highest BCUT2D eigenvalue weighted by Crippen LogP contribution is 2.25. The third-order valence-electron chi connectivity index (χ3n) is 1.75. The Morgan fingerprint density at radius 3 is 3.00 bits per heavy atom. The molecule has 0 saturated heterocycles. The minimum atomic E-state index is -0.941. The van der Waals surface area contributed by atoms with Gasteiger partial charge in [-0.2, -0.15) is 0 Å². The predicted molar refractivity (Wildman–Crippen MR) is 56.8 cm³/mol. The van der Waals surface area contributed by atoms with E-state index in [0.717, 1.165) is 11.8 Å². The first-order chi connectivity index (χ1) is 7.06. The van der Waals surface area contributed by atoms with E-state index in [0.29, 0.717) is 6.42 Å². The molecule has 1 atom stereocenters. The van der Waals surface area contributed by atoms with Gasteiger partial charge in [0.1, 0.15) is 16.0 Å². The Hall–Kier alpha value is -1.50. The summed E-state index contributed by atoms with van der Waals surface area (Å²) in [6.45, 7) is 1.75. The van der Waals surface area contributed by atoms with Gasteiger partial charge in [0.25, 0.3) is 5.56 Å². The van der Waals surface area contributed by atoms with Crippen molar-refractivity contribution in [2.24, 2.45) is 0 Å². The van der Waals surface area contributed by atoms with Gasteiger partial charge in [0.05, 0.1) is 6.33 Å². The van der Waals surface area contributed by atoms with Crippen LogP contribution in [0.25, 0.3) is 0 Å². The van der Waals surface area contributed by atoms with Crippen LogP contribution in [0.15, 0.2) is 16.1 Å². The summed E-state index contributed by atoms with van der Waals surface area (Å²) in [6, 6.07) is 0. The number of nitrogens with zero attached hydrogens (tertiary/aromatic N) is 1. The lowest BCUT2D eigenvalue weighted by Gasteiger charge is -2.08. The Kier molecular flexibility index (Phi) is 3.73. The van der Waals surface area contributed by atoms with Gasteiger partial charge in [-0.15, -0.1) is 0 Å². The number of carbonyl (C=O) groups is 1. The number of carboxylic acid groups (broad SMARTS) is 1. The van der Waals surface area contributed by atoms with E-state index in [1.807, 2.05) is 0 Å². The molecule has 1 aromatic heterocycles. The second-order valence-corrected chi connectivity index (χ2v) is 3.99. The Bertz CT molecular complexity index is 418. The Labute approximate surface area is 89.9 Å². The van der Waals surface area contributed by atoms with E-state index in [2.05, 4.69) is 9.97 Å². The fourth-order valence-corrected chi connectivity index (χ4v) is 1.80. The summed E-state index contributed by atoms with van der Waals surface area (Å²) in [5.74, 6) is -0.941. The highest BCUT2D eigenvalue weighted by molar-refractivity contribution is 8.00. The van der Waals surface area contributed by atoms with Gasteiger partial charge in [0, 0.05) is 0 Å². The lowest BCUT2D eigenvalue weighted by Crippen LogP contribution is -2.18. The Balaban J connectivity index is 2.93. The van der Waals surface area contributed by atoms with E-state index in [1.165, 1.54) is 6.33 Å². The lowest BCUT2D eigenvalue weighted by atomic mass is 10.3. The lowest BCUT2D eigenvalue weighted by molar-refractivity contribution is -0.136. The highest BCUT2D eigenvalue weighted by Gasteiger charge is 2.19. The molecule has 4 N–H and O–H groups in total. The molecule has 15 heavy (non-hydrogen) atoms. The van der Waals surface area contributed by atoms with Gasteiger partial charge in [0.2, 0.25) is 0 Å². The van der Waals surface area contributed by atoms with Crippen LogP contribution in [0, 0.1) is 0 Å². The molecule has 1 heterocycles. The van der Waals surface area contributed by atoms with Gasteiger partial charge in [-0.1, -0.05) is 18.7 Å². The van der Waals surface area contributed by atoms with Gasteiger partial charge in [0.15, 0.2) is 0 Å². The average molecular weight is 229 g/mol. The number of aromatic amines is 1. The van der Waals surface area contributed by atoms with E-state index in [9.17, 15) is 9.59 Å². The topological polar surface area (TPSA) is 109 Å². The summed E-state index contributed by atoms with van der Waals surface area (Å²) in [6.07, 6.45) is 1.64. The quantitative estimate of drug-likeness (QED) is 0.506. The molecule has 0 radical (unpaired) electrons. The largest absolute Gasteiger partial charge is 0.480 e. The van der Waals surface area contributed by atoms with Crippen molar-refractivity contribution in [3.8, 4) is 0 Å². The van der Waals surface area contributed by atoms with Crippen LogP contribution in [0.2, 0.25) is 0 Å². The smallest absolute Gasteiger partial charge is 0.317 e. The van der Waals surface area contributed by atoms with Crippen LogP contribution in [-0.4, -0.2) is 26.3 Å². The summed E-state index contributed by atoms with van der Waals surface area (Å²) in [4.78, 5) is 28.0. The van der Waals surface area contributed by atoms with Crippen molar-refractivity contribution in [3.63, 3.8) is 0 Å². The van der Waals surface area contributed by atoms with Crippen LogP contribution >= 0.6 is 11.8 Å². The average Bonchev–Trinajstić information content (AvgIpc) is 2.19.